The molecule has 90 valence electrons. The summed E-state index contributed by atoms with van der Waals surface area (Å²) >= 11 is 0. The molecule has 0 spiro atoms. The molecule has 0 aromatic heterocycles. The third-order valence-corrected chi connectivity index (χ3v) is 2.46. The Labute approximate surface area is 98.6 Å². The summed E-state index contributed by atoms with van der Waals surface area (Å²) in [7, 11) is 0. The molecule has 0 bridgehead atoms. The second-order valence-corrected chi connectivity index (χ2v) is 3.66. The minimum atomic E-state index is -0.414. The van der Waals surface area contributed by atoms with Crippen molar-refractivity contribution in [2.24, 2.45) is 5.10 Å². The highest BCUT2D eigenvalue weighted by Crippen LogP contribution is 2.10. The normalized spacial score (nSPS) is 16.4. The molecule has 0 amide bonds. The average molecular weight is 235 g/mol. The van der Waals surface area contributed by atoms with Crippen LogP contribution in [0, 0.1) is 10.1 Å². The predicted octanol–water partition coefficient (Wildman–Crippen LogP) is 1.26. The minimum absolute atomic E-state index is 0.0912. The van der Waals surface area contributed by atoms with E-state index < -0.39 is 4.92 Å². The van der Waals surface area contributed by atoms with E-state index >= 15 is 0 Å². The summed E-state index contributed by atoms with van der Waals surface area (Å²) in [5.41, 5.74) is 0.940. The van der Waals surface area contributed by atoms with Gasteiger partial charge >= 0.3 is 0 Å². The fourth-order valence-electron chi connectivity index (χ4n) is 1.50. The number of rotatable bonds is 3. The van der Waals surface area contributed by atoms with Crippen LogP contribution in [-0.2, 0) is 4.74 Å². The van der Waals surface area contributed by atoms with E-state index in [1.54, 1.807) is 18.3 Å². The zero-order valence-corrected chi connectivity index (χ0v) is 9.28. The maximum atomic E-state index is 10.5. The van der Waals surface area contributed by atoms with Gasteiger partial charge in [-0.3, -0.25) is 15.1 Å². The van der Waals surface area contributed by atoms with E-state index in [0.717, 1.165) is 18.7 Å². The molecule has 0 N–H and O–H groups in total. The van der Waals surface area contributed by atoms with Gasteiger partial charge in [-0.2, -0.15) is 5.10 Å². The molecule has 17 heavy (non-hydrogen) atoms. The Balaban J connectivity index is 1.98. The van der Waals surface area contributed by atoms with E-state index in [9.17, 15) is 10.1 Å². The van der Waals surface area contributed by atoms with E-state index in [-0.39, 0.29) is 5.69 Å². The van der Waals surface area contributed by atoms with Crippen molar-refractivity contribution in [3.05, 3.63) is 39.9 Å². The highest BCUT2D eigenvalue weighted by atomic mass is 16.6. The van der Waals surface area contributed by atoms with Crippen LogP contribution in [0.25, 0.3) is 0 Å². The molecule has 0 radical (unpaired) electrons. The molecule has 2 rings (SSSR count). The lowest BCUT2D eigenvalue weighted by Crippen LogP contribution is -2.32. The number of nitro benzene ring substituents is 1. The van der Waals surface area contributed by atoms with E-state index in [1.807, 2.05) is 5.01 Å². The molecule has 0 unspecified atom stereocenters. The van der Waals surface area contributed by atoms with Crippen LogP contribution in [0.5, 0.6) is 0 Å². The van der Waals surface area contributed by atoms with Crippen LogP contribution in [0.4, 0.5) is 5.69 Å². The van der Waals surface area contributed by atoms with Crippen LogP contribution < -0.4 is 0 Å². The highest BCUT2D eigenvalue weighted by Gasteiger charge is 2.06. The summed E-state index contributed by atoms with van der Waals surface area (Å²) in [4.78, 5) is 10.1. The van der Waals surface area contributed by atoms with Crippen LogP contribution in [0.15, 0.2) is 29.4 Å². The smallest absolute Gasteiger partial charge is 0.269 e. The monoisotopic (exact) mass is 235 g/mol. The molecule has 0 atom stereocenters. The molecule has 0 saturated carbocycles. The first-order valence-corrected chi connectivity index (χ1v) is 5.37. The molecule has 1 saturated heterocycles. The molecule has 0 aliphatic carbocycles. The standard InChI is InChI=1S/C11H13N3O3/c15-14(16)11-3-1-10(2-4-11)9-12-13-5-7-17-8-6-13/h1-4,9H,5-8H2. The molecule has 6 heteroatoms. The number of nitrogens with zero attached hydrogens (tertiary/aromatic N) is 3. The summed E-state index contributed by atoms with van der Waals surface area (Å²) in [6, 6.07) is 6.31. The van der Waals surface area contributed by atoms with Gasteiger partial charge in [-0.25, -0.2) is 0 Å². The van der Waals surface area contributed by atoms with Gasteiger partial charge in [0.05, 0.1) is 37.4 Å². The predicted molar refractivity (Wildman–Crippen MR) is 63.1 cm³/mol. The first-order chi connectivity index (χ1) is 8.25. The maximum Gasteiger partial charge on any atom is 0.269 e. The second kappa shape index (κ2) is 5.40. The number of ether oxygens (including phenoxy) is 1. The summed E-state index contributed by atoms with van der Waals surface area (Å²) in [6.07, 6.45) is 1.70. The molecule has 1 aliphatic heterocycles. The van der Waals surface area contributed by atoms with Gasteiger partial charge in [0.15, 0.2) is 0 Å². The number of nitro groups is 1. The quantitative estimate of drug-likeness (QED) is 0.449. The Kier molecular flexibility index (Phi) is 3.66. The largest absolute Gasteiger partial charge is 0.378 e. The lowest BCUT2D eigenvalue weighted by atomic mass is 10.2. The number of hydrazone groups is 1. The van der Waals surface area contributed by atoms with Gasteiger partial charge in [-0.15, -0.1) is 0 Å². The van der Waals surface area contributed by atoms with Crippen molar-refractivity contribution < 1.29 is 9.66 Å². The SMILES string of the molecule is O=[N+]([O-])c1ccc(C=NN2CCOCC2)cc1. The van der Waals surface area contributed by atoms with Crippen molar-refractivity contribution in [3.8, 4) is 0 Å². The molecule has 1 heterocycles. The maximum absolute atomic E-state index is 10.5. The molecular weight excluding hydrogens is 222 g/mol. The van der Waals surface area contributed by atoms with E-state index in [0.29, 0.717) is 13.2 Å². The van der Waals surface area contributed by atoms with Crippen molar-refractivity contribution in [2.45, 2.75) is 0 Å². The van der Waals surface area contributed by atoms with Gasteiger partial charge in [-0.05, 0) is 17.7 Å². The van der Waals surface area contributed by atoms with Gasteiger partial charge in [-0.1, -0.05) is 0 Å². The average Bonchev–Trinajstić information content (AvgIpc) is 2.38. The zero-order chi connectivity index (χ0) is 12.1. The number of non-ortho nitro benzene ring substituents is 1. The van der Waals surface area contributed by atoms with Crippen LogP contribution in [-0.4, -0.2) is 42.5 Å². The number of morpholine rings is 1. The molecule has 6 nitrogen and oxygen atoms in total. The van der Waals surface area contributed by atoms with Crippen molar-refractivity contribution in [3.63, 3.8) is 0 Å². The van der Waals surface area contributed by atoms with Crippen LogP contribution in [0.3, 0.4) is 0 Å². The van der Waals surface area contributed by atoms with Crippen molar-refractivity contribution in [2.75, 3.05) is 26.3 Å². The lowest BCUT2D eigenvalue weighted by Gasteiger charge is -2.23. The summed E-state index contributed by atoms with van der Waals surface area (Å²) in [5.74, 6) is 0. The lowest BCUT2D eigenvalue weighted by molar-refractivity contribution is -0.384. The fraction of sp³-hybridized carbons (Fsp3) is 0.364. The third-order valence-electron chi connectivity index (χ3n) is 2.46. The Morgan fingerprint density at radius 2 is 1.94 bits per heavy atom. The Hall–Kier alpha value is -1.95. The minimum Gasteiger partial charge on any atom is -0.378 e. The highest BCUT2D eigenvalue weighted by molar-refractivity contribution is 5.79. The van der Waals surface area contributed by atoms with Gasteiger partial charge < -0.3 is 4.74 Å². The van der Waals surface area contributed by atoms with Crippen molar-refractivity contribution >= 4 is 11.9 Å². The summed E-state index contributed by atoms with van der Waals surface area (Å²) < 4.78 is 5.20. The van der Waals surface area contributed by atoms with Gasteiger partial charge in [0, 0.05) is 12.1 Å². The van der Waals surface area contributed by atoms with E-state index in [2.05, 4.69) is 5.10 Å². The van der Waals surface area contributed by atoms with Gasteiger partial charge in [0.1, 0.15) is 0 Å². The molecule has 1 fully saturated rings. The zero-order valence-electron chi connectivity index (χ0n) is 9.28. The third kappa shape index (κ3) is 3.25. The van der Waals surface area contributed by atoms with E-state index in [1.165, 1.54) is 12.1 Å². The Bertz CT molecular complexity index is 410. The fourth-order valence-corrected chi connectivity index (χ4v) is 1.50. The first-order valence-electron chi connectivity index (χ1n) is 5.37. The molecular formula is C11H13N3O3. The Morgan fingerprint density at radius 3 is 2.53 bits per heavy atom. The number of hydrogen-bond donors (Lipinski definition) is 0. The topological polar surface area (TPSA) is 68.0 Å². The van der Waals surface area contributed by atoms with Crippen LogP contribution in [0.1, 0.15) is 5.56 Å². The van der Waals surface area contributed by atoms with Gasteiger partial charge in [0.25, 0.3) is 5.69 Å². The number of hydrogen-bond acceptors (Lipinski definition) is 5. The molecule has 1 aliphatic rings. The number of benzene rings is 1. The van der Waals surface area contributed by atoms with Crippen LogP contribution >= 0.6 is 0 Å². The molecule has 1 aromatic rings. The van der Waals surface area contributed by atoms with Gasteiger partial charge in [0.2, 0.25) is 0 Å². The summed E-state index contributed by atoms with van der Waals surface area (Å²) in [6.45, 7) is 2.95. The first kappa shape index (κ1) is 11.5. The molecule has 1 aromatic carbocycles. The summed E-state index contributed by atoms with van der Waals surface area (Å²) in [5, 5.41) is 16.7. The van der Waals surface area contributed by atoms with Crippen molar-refractivity contribution in [1.82, 2.24) is 5.01 Å². The second-order valence-electron chi connectivity index (χ2n) is 3.66. The van der Waals surface area contributed by atoms with E-state index in [4.69, 9.17) is 4.74 Å². The Morgan fingerprint density at radius 1 is 1.29 bits per heavy atom. The van der Waals surface area contributed by atoms with Crippen molar-refractivity contribution in [1.29, 1.82) is 0 Å². The van der Waals surface area contributed by atoms with Crippen LogP contribution in [0.2, 0.25) is 0 Å².